The van der Waals surface area contributed by atoms with E-state index in [2.05, 4.69) is 27.4 Å². The lowest BCUT2D eigenvalue weighted by Gasteiger charge is -2.56. The van der Waals surface area contributed by atoms with Gasteiger partial charge in [0, 0.05) is 18.9 Å². The molecule has 7 atom stereocenters. The van der Waals surface area contributed by atoms with E-state index >= 15 is 0 Å². The van der Waals surface area contributed by atoms with Gasteiger partial charge in [-0.1, -0.05) is 32.4 Å². The molecular formula is C26H38O3. The molecule has 3 saturated carbocycles. The van der Waals surface area contributed by atoms with Gasteiger partial charge in [-0.25, -0.2) is 0 Å². The lowest BCUT2D eigenvalue weighted by molar-refractivity contribution is -0.152. The summed E-state index contributed by atoms with van der Waals surface area (Å²) in [6.45, 7) is 12.6. The lowest BCUT2D eigenvalue weighted by Crippen LogP contribution is -2.49. The number of carbonyl (C=O) groups is 2. The average molecular weight is 399 g/mol. The number of hydrogen-bond donors (Lipinski definition) is 0. The number of hydrogen-bond acceptors (Lipinski definition) is 3. The van der Waals surface area contributed by atoms with Gasteiger partial charge in [0.1, 0.15) is 6.10 Å². The number of fused-ring (bicyclic) bond motifs is 4. The molecule has 0 aromatic rings. The molecule has 3 heteroatoms. The van der Waals surface area contributed by atoms with Crippen LogP contribution in [0.15, 0.2) is 23.8 Å². The Kier molecular flexibility index (Phi) is 5.32. The maximum absolute atomic E-state index is 13.3. The molecule has 4 aliphatic rings. The van der Waals surface area contributed by atoms with Gasteiger partial charge in [0.15, 0.2) is 5.78 Å². The number of ketones is 1. The summed E-state index contributed by atoms with van der Waals surface area (Å²) in [5.74, 6) is 2.40. The van der Waals surface area contributed by atoms with Gasteiger partial charge in [-0.15, -0.1) is 6.58 Å². The van der Waals surface area contributed by atoms with Crippen molar-refractivity contribution in [1.82, 2.24) is 0 Å². The van der Waals surface area contributed by atoms with Crippen molar-refractivity contribution in [2.75, 3.05) is 0 Å². The predicted octanol–water partition coefficient (Wildman–Crippen LogP) is 6.03. The lowest BCUT2D eigenvalue weighted by atomic mass is 9.48. The first-order valence-electron chi connectivity index (χ1n) is 11.8. The standard InChI is InChI=1S/C26H38O3/c1-6-7-16(2)22-15-23(28)24-20-9-8-18-14-19(29-17(3)27)10-12-25(18,4)21(20)11-13-26(22,24)5/h6,16,18-19,21-22H,1,7-15H2,2-5H3/t16-,18+,19+,21+,22-,25+,26-/m1/s1. The molecule has 0 aromatic carbocycles. The third-order valence-electron chi connectivity index (χ3n) is 9.37. The van der Waals surface area contributed by atoms with Crippen molar-refractivity contribution >= 4 is 11.8 Å². The molecule has 0 aliphatic heterocycles. The fourth-order valence-electron chi connectivity index (χ4n) is 7.92. The number of rotatable bonds is 4. The van der Waals surface area contributed by atoms with Crippen LogP contribution < -0.4 is 0 Å². The molecule has 0 radical (unpaired) electrons. The van der Waals surface area contributed by atoms with Crippen molar-refractivity contribution in [3.8, 4) is 0 Å². The topological polar surface area (TPSA) is 43.4 Å². The van der Waals surface area contributed by atoms with E-state index in [1.54, 1.807) is 0 Å². The minimum atomic E-state index is -0.151. The van der Waals surface area contributed by atoms with Gasteiger partial charge >= 0.3 is 5.97 Å². The fourth-order valence-corrected chi connectivity index (χ4v) is 7.92. The minimum absolute atomic E-state index is 0.0590. The molecule has 0 unspecified atom stereocenters. The first-order valence-corrected chi connectivity index (χ1v) is 11.8. The van der Waals surface area contributed by atoms with Crippen LogP contribution in [0.5, 0.6) is 0 Å². The average Bonchev–Trinajstić information content (AvgIpc) is 2.93. The summed E-state index contributed by atoms with van der Waals surface area (Å²) in [5.41, 5.74) is 3.06. The maximum atomic E-state index is 13.3. The molecule has 0 saturated heterocycles. The number of allylic oxidation sites excluding steroid dienone is 3. The molecule has 4 aliphatic carbocycles. The fraction of sp³-hybridized carbons (Fsp3) is 0.769. The monoisotopic (exact) mass is 398 g/mol. The van der Waals surface area contributed by atoms with Crippen molar-refractivity contribution in [3.63, 3.8) is 0 Å². The van der Waals surface area contributed by atoms with E-state index in [0.29, 0.717) is 29.5 Å². The van der Waals surface area contributed by atoms with Crippen molar-refractivity contribution in [3.05, 3.63) is 23.8 Å². The summed E-state index contributed by atoms with van der Waals surface area (Å²) in [6, 6.07) is 0. The second-order valence-electron chi connectivity index (χ2n) is 10.9. The van der Waals surface area contributed by atoms with Crippen molar-refractivity contribution < 1.29 is 14.3 Å². The van der Waals surface area contributed by atoms with Gasteiger partial charge in [0.05, 0.1) is 0 Å². The highest BCUT2D eigenvalue weighted by molar-refractivity contribution is 6.00. The Morgan fingerprint density at radius 1 is 1.28 bits per heavy atom. The highest BCUT2D eigenvalue weighted by Crippen LogP contribution is 2.65. The van der Waals surface area contributed by atoms with E-state index in [9.17, 15) is 9.59 Å². The van der Waals surface area contributed by atoms with Gasteiger partial charge in [0.2, 0.25) is 0 Å². The summed E-state index contributed by atoms with van der Waals surface area (Å²) in [5, 5.41) is 0. The smallest absolute Gasteiger partial charge is 0.302 e. The zero-order chi connectivity index (χ0) is 21.0. The Labute approximate surface area is 176 Å². The molecule has 0 bridgehead atoms. The molecule has 3 fully saturated rings. The Hall–Kier alpha value is -1.38. The molecule has 4 rings (SSSR count). The van der Waals surface area contributed by atoms with Gasteiger partial charge in [-0.05, 0) is 85.9 Å². The first kappa shape index (κ1) is 20.9. The van der Waals surface area contributed by atoms with E-state index in [1.165, 1.54) is 24.5 Å². The van der Waals surface area contributed by atoms with Crippen LogP contribution in [0, 0.1) is 34.5 Å². The predicted molar refractivity (Wildman–Crippen MR) is 115 cm³/mol. The molecule has 3 nitrogen and oxygen atoms in total. The maximum Gasteiger partial charge on any atom is 0.302 e. The molecule has 0 spiro atoms. The quantitative estimate of drug-likeness (QED) is 0.429. The largest absolute Gasteiger partial charge is 0.463 e. The Morgan fingerprint density at radius 3 is 2.72 bits per heavy atom. The van der Waals surface area contributed by atoms with Crippen molar-refractivity contribution in [2.45, 2.75) is 91.6 Å². The number of esters is 1. The SMILES string of the molecule is C=CC[C@@H](C)[C@H]1CC(=O)C2=C3CC[C@H]4C[C@@H](OC(C)=O)CC[C@]4(C)[C@H]3CC[C@@]21C. The second kappa shape index (κ2) is 7.39. The van der Waals surface area contributed by atoms with E-state index in [1.807, 2.05) is 6.08 Å². The first-order chi connectivity index (χ1) is 13.7. The van der Waals surface area contributed by atoms with Crippen LogP contribution >= 0.6 is 0 Å². The van der Waals surface area contributed by atoms with Crippen molar-refractivity contribution in [2.24, 2.45) is 34.5 Å². The second-order valence-corrected chi connectivity index (χ2v) is 10.9. The summed E-state index contributed by atoms with van der Waals surface area (Å²) >= 11 is 0. The van der Waals surface area contributed by atoms with Crippen LogP contribution in [-0.4, -0.2) is 17.9 Å². The third-order valence-corrected chi connectivity index (χ3v) is 9.37. The van der Waals surface area contributed by atoms with Gasteiger partial charge < -0.3 is 4.74 Å². The van der Waals surface area contributed by atoms with E-state index in [0.717, 1.165) is 51.4 Å². The van der Waals surface area contributed by atoms with Crippen LogP contribution in [0.25, 0.3) is 0 Å². The molecule has 0 aromatic heterocycles. The zero-order valence-corrected chi connectivity index (χ0v) is 18.8. The van der Waals surface area contributed by atoms with E-state index in [4.69, 9.17) is 4.74 Å². The van der Waals surface area contributed by atoms with Crippen LogP contribution in [0.1, 0.15) is 85.5 Å². The Morgan fingerprint density at radius 2 is 2.03 bits per heavy atom. The highest BCUT2D eigenvalue weighted by atomic mass is 16.5. The molecular weight excluding hydrogens is 360 g/mol. The van der Waals surface area contributed by atoms with Crippen LogP contribution in [0.4, 0.5) is 0 Å². The van der Waals surface area contributed by atoms with E-state index in [-0.39, 0.29) is 22.9 Å². The normalized spacial score (nSPS) is 42.6. The highest BCUT2D eigenvalue weighted by Gasteiger charge is 2.58. The van der Waals surface area contributed by atoms with Gasteiger partial charge in [-0.3, -0.25) is 9.59 Å². The molecule has 160 valence electrons. The minimum Gasteiger partial charge on any atom is -0.463 e. The van der Waals surface area contributed by atoms with Crippen LogP contribution in [0.2, 0.25) is 0 Å². The third kappa shape index (κ3) is 3.24. The van der Waals surface area contributed by atoms with Crippen LogP contribution in [0.3, 0.4) is 0 Å². The van der Waals surface area contributed by atoms with Crippen molar-refractivity contribution in [1.29, 1.82) is 0 Å². The molecule has 0 N–H and O–H groups in total. The molecule has 29 heavy (non-hydrogen) atoms. The number of carbonyl (C=O) groups excluding carboxylic acids is 2. The number of Topliss-reactive ketones (excluding diaryl/α,β-unsaturated/α-hetero) is 1. The summed E-state index contributed by atoms with van der Waals surface area (Å²) in [7, 11) is 0. The summed E-state index contributed by atoms with van der Waals surface area (Å²) in [6.07, 6.45) is 11.5. The molecule has 0 amide bonds. The number of ether oxygens (including phenoxy) is 1. The summed E-state index contributed by atoms with van der Waals surface area (Å²) < 4.78 is 5.57. The van der Waals surface area contributed by atoms with Gasteiger partial charge in [0.25, 0.3) is 0 Å². The zero-order valence-electron chi connectivity index (χ0n) is 18.8. The van der Waals surface area contributed by atoms with Gasteiger partial charge in [-0.2, -0.15) is 0 Å². The van der Waals surface area contributed by atoms with Crippen LogP contribution in [-0.2, 0) is 14.3 Å². The van der Waals surface area contributed by atoms with E-state index < -0.39 is 0 Å². The Balaban J connectivity index is 1.64. The summed E-state index contributed by atoms with van der Waals surface area (Å²) in [4.78, 5) is 24.7. The Bertz CT molecular complexity index is 749. The molecule has 0 heterocycles.